The van der Waals surface area contributed by atoms with Crippen LogP contribution in [0.25, 0.3) is 0 Å². The van der Waals surface area contributed by atoms with Crippen molar-refractivity contribution in [2.45, 2.75) is 17.9 Å². The number of thioether (sulfide) groups is 1. The number of carbonyl (C=O) groups is 1. The summed E-state index contributed by atoms with van der Waals surface area (Å²) in [7, 11) is 0. The van der Waals surface area contributed by atoms with Gasteiger partial charge in [0, 0.05) is 22.1 Å². The minimum absolute atomic E-state index is 0.0253. The zero-order chi connectivity index (χ0) is 18.9. The normalized spacial score (nSPS) is 11.9. The molecule has 140 valence electrons. The molecule has 0 saturated carbocycles. The van der Waals surface area contributed by atoms with Crippen LogP contribution < -0.4 is 10.6 Å². The van der Waals surface area contributed by atoms with Gasteiger partial charge in [0.2, 0.25) is 5.91 Å². The van der Waals surface area contributed by atoms with Gasteiger partial charge in [-0.15, -0.1) is 23.1 Å². The van der Waals surface area contributed by atoms with Gasteiger partial charge in [-0.25, -0.2) is 0 Å². The van der Waals surface area contributed by atoms with Crippen molar-refractivity contribution in [2.24, 2.45) is 0 Å². The summed E-state index contributed by atoms with van der Waals surface area (Å²) in [4.78, 5) is 14.7. The van der Waals surface area contributed by atoms with E-state index >= 15 is 0 Å². The second-order valence-corrected chi connectivity index (χ2v) is 8.40. The number of amides is 1. The molecule has 0 bridgehead atoms. The van der Waals surface area contributed by atoms with E-state index in [2.05, 4.69) is 65.4 Å². The Morgan fingerprint density at radius 3 is 2.52 bits per heavy atom. The standard InChI is InChI=1S/C22H24N2OS2/c1-17-9-11-18(12-10-17)22(20-8-5-14-27-20)24-16-21(25)23-13-15-26-19-6-3-2-4-7-19/h2-12,14,22,24H,13,15-16H2,1H3,(H,23,25)/t22-/m1/s1. The lowest BCUT2D eigenvalue weighted by Gasteiger charge is -2.18. The Morgan fingerprint density at radius 2 is 1.81 bits per heavy atom. The first-order valence-electron chi connectivity index (χ1n) is 9.00. The summed E-state index contributed by atoms with van der Waals surface area (Å²) in [6.07, 6.45) is 0. The van der Waals surface area contributed by atoms with Crippen molar-refractivity contribution in [2.75, 3.05) is 18.8 Å². The molecule has 0 aliphatic heterocycles. The zero-order valence-corrected chi connectivity index (χ0v) is 17.0. The van der Waals surface area contributed by atoms with Gasteiger partial charge in [0.15, 0.2) is 0 Å². The van der Waals surface area contributed by atoms with Crippen LogP contribution in [-0.4, -0.2) is 24.7 Å². The lowest BCUT2D eigenvalue weighted by molar-refractivity contribution is -0.120. The van der Waals surface area contributed by atoms with E-state index in [0.29, 0.717) is 13.1 Å². The molecule has 0 unspecified atom stereocenters. The van der Waals surface area contributed by atoms with Gasteiger partial charge in [0.05, 0.1) is 12.6 Å². The predicted molar refractivity (Wildman–Crippen MR) is 116 cm³/mol. The number of thiophene rings is 1. The molecular weight excluding hydrogens is 372 g/mol. The van der Waals surface area contributed by atoms with E-state index in [1.165, 1.54) is 20.9 Å². The SMILES string of the molecule is Cc1ccc([C@@H](NCC(=O)NCCSc2ccccc2)c2cccs2)cc1. The maximum atomic E-state index is 12.2. The number of hydrogen-bond acceptors (Lipinski definition) is 4. The maximum absolute atomic E-state index is 12.2. The van der Waals surface area contributed by atoms with Crippen molar-refractivity contribution >= 4 is 29.0 Å². The fourth-order valence-electron chi connectivity index (χ4n) is 2.73. The Balaban J connectivity index is 1.48. The number of carbonyl (C=O) groups excluding carboxylic acids is 1. The van der Waals surface area contributed by atoms with Crippen LogP contribution in [0.4, 0.5) is 0 Å². The number of rotatable bonds is 9. The zero-order valence-electron chi connectivity index (χ0n) is 15.4. The summed E-state index contributed by atoms with van der Waals surface area (Å²) >= 11 is 3.45. The molecule has 0 spiro atoms. The van der Waals surface area contributed by atoms with Gasteiger partial charge in [-0.05, 0) is 36.1 Å². The van der Waals surface area contributed by atoms with Crippen LogP contribution in [0.5, 0.6) is 0 Å². The van der Waals surface area contributed by atoms with Gasteiger partial charge in [-0.2, -0.15) is 0 Å². The molecule has 1 amide bonds. The average molecular weight is 397 g/mol. The van der Waals surface area contributed by atoms with Crippen LogP contribution in [0.3, 0.4) is 0 Å². The lowest BCUT2D eigenvalue weighted by atomic mass is 10.0. The van der Waals surface area contributed by atoms with Gasteiger partial charge in [0.25, 0.3) is 0 Å². The number of nitrogens with one attached hydrogen (secondary N) is 2. The molecule has 3 nitrogen and oxygen atoms in total. The Bertz CT molecular complexity index is 817. The van der Waals surface area contributed by atoms with Crippen LogP contribution in [0.1, 0.15) is 22.0 Å². The summed E-state index contributed by atoms with van der Waals surface area (Å²) in [5, 5.41) is 8.47. The van der Waals surface area contributed by atoms with E-state index in [1.807, 2.05) is 24.3 Å². The van der Waals surface area contributed by atoms with E-state index < -0.39 is 0 Å². The molecule has 2 N–H and O–H groups in total. The molecule has 0 fully saturated rings. The van der Waals surface area contributed by atoms with E-state index in [0.717, 1.165) is 5.75 Å². The molecule has 0 aliphatic carbocycles. The molecule has 5 heteroatoms. The smallest absolute Gasteiger partial charge is 0.234 e. The average Bonchev–Trinajstić information content (AvgIpc) is 3.22. The lowest BCUT2D eigenvalue weighted by Crippen LogP contribution is -2.36. The van der Waals surface area contributed by atoms with Gasteiger partial charge < -0.3 is 5.32 Å². The fourth-order valence-corrected chi connectivity index (χ4v) is 4.35. The molecule has 0 radical (unpaired) electrons. The second-order valence-electron chi connectivity index (χ2n) is 6.25. The molecule has 1 heterocycles. The van der Waals surface area contributed by atoms with Crippen molar-refractivity contribution in [1.82, 2.24) is 10.6 Å². The molecular formula is C22H24N2OS2. The number of benzene rings is 2. The van der Waals surface area contributed by atoms with Gasteiger partial charge >= 0.3 is 0 Å². The van der Waals surface area contributed by atoms with Crippen molar-refractivity contribution in [3.05, 3.63) is 88.1 Å². The van der Waals surface area contributed by atoms with Crippen molar-refractivity contribution in [3.8, 4) is 0 Å². The summed E-state index contributed by atoms with van der Waals surface area (Å²) < 4.78 is 0. The van der Waals surface area contributed by atoms with E-state index in [-0.39, 0.29) is 11.9 Å². The van der Waals surface area contributed by atoms with Crippen LogP contribution in [0, 0.1) is 6.92 Å². The first-order chi connectivity index (χ1) is 13.2. The van der Waals surface area contributed by atoms with Crippen LogP contribution in [0.2, 0.25) is 0 Å². The van der Waals surface area contributed by atoms with Gasteiger partial charge in [-0.1, -0.05) is 54.1 Å². The molecule has 27 heavy (non-hydrogen) atoms. The molecule has 3 rings (SSSR count). The quantitative estimate of drug-likeness (QED) is 0.409. The van der Waals surface area contributed by atoms with Crippen molar-refractivity contribution < 1.29 is 4.79 Å². The van der Waals surface area contributed by atoms with Gasteiger partial charge in [-0.3, -0.25) is 10.1 Å². The van der Waals surface area contributed by atoms with Crippen LogP contribution in [0.15, 0.2) is 77.0 Å². The Labute approximate surface area is 169 Å². The first kappa shape index (κ1) is 19.7. The molecule has 2 aromatic carbocycles. The Morgan fingerprint density at radius 1 is 1.04 bits per heavy atom. The highest BCUT2D eigenvalue weighted by Gasteiger charge is 2.15. The monoisotopic (exact) mass is 396 g/mol. The summed E-state index contributed by atoms with van der Waals surface area (Å²) in [5.41, 5.74) is 2.41. The minimum atomic E-state index is 0.0253. The van der Waals surface area contributed by atoms with E-state index in [9.17, 15) is 4.79 Å². The maximum Gasteiger partial charge on any atom is 0.234 e. The van der Waals surface area contributed by atoms with Crippen LogP contribution >= 0.6 is 23.1 Å². The summed E-state index contributed by atoms with van der Waals surface area (Å²) in [5.74, 6) is 0.888. The third-order valence-electron chi connectivity index (χ3n) is 4.14. The van der Waals surface area contributed by atoms with Crippen molar-refractivity contribution in [3.63, 3.8) is 0 Å². The Hall–Kier alpha value is -2.08. The topological polar surface area (TPSA) is 41.1 Å². The molecule has 0 aliphatic rings. The van der Waals surface area contributed by atoms with Crippen molar-refractivity contribution in [1.29, 1.82) is 0 Å². The first-order valence-corrected chi connectivity index (χ1v) is 10.9. The van der Waals surface area contributed by atoms with Crippen LogP contribution in [-0.2, 0) is 4.79 Å². The summed E-state index contributed by atoms with van der Waals surface area (Å²) in [6.45, 7) is 3.04. The molecule has 0 saturated heterocycles. The Kier molecular flexibility index (Phi) is 7.51. The highest BCUT2D eigenvalue weighted by atomic mass is 32.2. The van der Waals surface area contributed by atoms with E-state index in [4.69, 9.17) is 0 Å². The highest BCUT2D eigenvalue weighted by Crippen LogP contribution is 2.26. The second kappa shape index (κ2) is 10.3. The predicted octanol–water partition coefficient (Wildman–Crippen LogP) is 4.64. The fraction of sp³-hybridized carbons (Fsp3) is 0.227. The molecule has 1 atom stereocenters. The highest BCUT2D eigenvalue weighted by molar-refractivity contribution is 7.99. The third kappa shape index (κ3) is 6.24. The third-order valence-corrected chi connectivity index (χ3v) is 6.09. The minimum Gasteiger partial charge on any atom is -0.354 e. The number of hydrogen-bond donors (Lipinski definition) is 2. The molecule has 1 aromatic heterocycles. The summed E-state index contributed by atoms with van der Waals surface area (Å²) in [6, 6.07) is 22.9. The van der Waals surface area contributed by atoms with E-state index in [1.54, 1.807) is 23.1 Å². The van der Waals surface area contributed by atoms with Gasteiger partial charge in [0.1, 0.15) is 0 Å². The number of aryl methyl sites for hydroxylation is 1. The molecule has 3 aromatic rings. The largest absolute Gasteiger partial charge is 0.354 e.